The third-order valence-electron chi connectivity index (χ3n) is 2.04. The van der Waals surface area contributed by atoms with Crippen molar-refractivity contribution in [2.24, 2.45) is 0 Å². The molecule has 0 bridgehead atoms. The average molecular weight is 317 g/mol. The van der Waals surface area contributed by atoms with Gasteiger partial charge in [-0.05, 0) is 52.7 Å². The highest BCUT2D eigenvalue weighted by atomic mass is 79.9. The molecule has 2 nitrogen and oxygen atoms in total. The number of aryl methyl sites for hydroxylation is 1. The quantitative estimate of drug-likeness (QED) is 0.798. The van der Waals surface area contributed by atoms with Crippen LogP contribution in [-0.2, 0) is 0 Å². The molecule has 0 saturated heterocycles. The van der Waals surface area contributed by atoms with Gasteiger partial charge in [0.05, 0.1) is 9.50 Å². The van der Waals surface area contributed by atoms with E-state index in [4.69, 9.17) is 16.3 Å². The van der Waals surface area contributed by atoms with Crippen molar-refractivity contribution >= 4 is 27.5 Å². The molecule has 0 saturated carbocycles. The number of nitrogens with zero attached hydrogens (tertiary/aromatic N) is 1. The van der Waals surface area contributed by atoms with Crippen molar-refractivity contribution in [3.8, 4) is 11.6 Å². The Labute approximate surface area is 112 Å². The van der Waals surface area contributed by atoms with Gasteiger partial charge in [-0.2, -0.15) is 0 Å². The third-order valence-corrected chi connectivity index (χ3v) is 2.91. The first-order chi connectivity index (χ1) is 8.06. The molecular weight excluding hydrogens is 308 g/mol. The van der Waals surface area contributed by atoms with E-state index in [-0.39, 0.29) is 5.02 Å². The van der Waals surface area contributed by atoms with Gasteiger partial charge in [0.1, 0.15) is 11.6 Å². The topological polar surface area (TPSA) is 22.1 Å². The van der Waals surface area contributed by atoms with Gasteiger partial charge < -0.3 is 4.74 Å². The smallest absolute Gasteiger partial charge is 0.233 e. The lowest BCUT2D eigenvalue weighted by molar-refractivity contribution is 0.458. The van der Waals surface area contributed by atoms with Crippen molar-refractivity contribution in [3.05, 3.63) is 51.3 Å². The number of benzene rings is 1. The first kappa shape index (κ1) is 12.3. The summed E-state index contributed by atoms with van der Waals surface area (Å²) in [5, 5.41) is 0.208. The maximum Gasteiger partial charge on any atom is 0.233 e. The van der Waals surface area contributed by atoms with Gasteiger partial charge in [-0.1, -0.05) is 11.6 Å². The van der Waals surface area contributed by atoms with Crippen LogP contribution in [0.1, 0.15) is 5.56 Å². The summed E-state index contributed by atoms with van der Waals surface area (Å²) in [6.07, 6.45) is 1.68. The second kappa shape index (κ2) is 5.02. The number of ether oxygens (including phenoxy) is 1. The maximum atomic E-state index is 12.9. The van der Waals surface area contributed by atoms with Crippen LogP contribution < -0.4 is 4.74 Å². The van der Waals surface area contributed by atoms with Gasteiger partial charge in [0, 0.05) is 6.20 Å². The molecule has 0 spiro atoms. The number of hydrogen-bond acceptors (Lipinski definition) is 2. The Bertz CT molecular complexity index is 513. The zero-order chi connectivity index (χ0) is 12.4. The SMILES string of the molecule is Cc1cnc(Oc2ccc(F)cc2Cl)c(Br)c1. The highest BCUT2D eigenvalue weighted by molar-refractivity contribution is 9.10. The van der Waals surface area contributed by atoms with E-state index in [0.29, 0.717) is 11.6 Å². The van der Waals surface area contributed by atoms with Gasteiger partial charge in [-0.15, -0.1) is 0 Å². The molecule has 2 rings (SSSR count). The molecule has 0 aliphatic rings. The number of rotatable bonds is 2. The Morgan fingerprint density at radius 1 is 1.35 bits per heavy atom. The van der Waals surface area contributed by atoms with Crippen LogP contribution in [0.3, 0.4) is 0 Å². The molecule has 0 atom stereocenters. The molecule has 88 valence electrons. The lowest BCUT2D eigenvalue weighted by atomic mass is 10.3. The minimum Gasteiger partial charge on any atom is -0.436 e. The molecule has 17 heavy (non-hydrogen) atoms. The molecule has 0 amide bonds. The Balaban J connectivity index is 2.31. The van der Waals surface area contributed by atoms with Crippen molar-refractivity contribution in [1.29, 1.82) is 0 Å². The van der Waals surface area contributed by atoms with Gasteiger partial charge >= 0.3 is 0 Å². The largest absolute Gasteiger partial charge is 0.436 e. The van der Waals surface area contributed by atoms with Crippen molar-refractivity contribution in [3.63, 3.8) is 0 Å². The molecule has 0 unspecified atom stereocenters. The molecule has 2 aromatic rings. The number of hydrogen-bond donors (Lipinski definition) is 0. The normalized spacial score (nSPS) is 10.4. The maximum absolute atomic E-state index is 12.9. The monoisotopic (exact) mass is 315 g/mol. The molecule has 1 aromatic carbocycles. The molecule has 1 aromatic heterocycles. The molecule has 0 radical (unpaired) electrons. The van der Waals surface area contributed by atoms with Gasteiger partial charge in [0.15, 0.2) is 0 Å². The predicted molar refractivity (Wildman–Crippen MR) is 68.2 cm³/mol. The highest BCUT2D eigenvalue weighted by Crippen LogP contribution is 2.32. The van der Waals surface area contributed by atoms with Gasteiger partial charge in [0.2, 0.25) is 5.88 Å². The molecule has 0 N–H and O–H groups in total. The van der Waals surface area contributed by atoms with E-state index in [1.807, 2.05) is 13.0 Å². The second-order valence-corrected chi connectivity index (χ2v) is 4.74. The lowest BCUT2D eigenvalue weighted by Gasteiger charge is -2.08. The lowest BCUT2D eigenvalue weighted by Crippen LogP contribution is -1.91. The molecule has 0 aliphatic carbocycles. The average Bonchev–Trinajstić information content (AvgIpc) is 2.25. The predicted octanol–water partition coefficient (Wildman–Crippen LogP) is 4.74. The van der Waals surface area contributed by atoms with E-state index in [1.165, 1.54) is 18.2 Å². The number of halogens is 3. The van der Waals surface area contributed by atoms with E-state index < -0.39 is 5.82 Å². The fraction of sp³-hybridized carbons (Fsp3) is 0.0833. The fourth-order valence-electron chi connectivity index (χ4n) is 1.26. The van der Waals surface area contributed by atoms with Crippen molar-refractivity contribution in [1.82, 2.24) is 4.98 Å². The van der Waals surface area contributed by atoms with Crippen molar-refractivity contribution < 1.29 is 9.13 Å². The summed E-state index contributed by atoms with van der Waals surface area (Å²) in [6, 6.07) is 5.81. The summed E-state index contributed by atoms with van der Waals surface area (Å²) < 4.78 is 19.1. The summed E-state index contributed by atoms with van der Waals surface area (Å²) in [4.78, 5) is 4.12. The molecule has 0 aliphatic heterocycles. The van der Waals surface area contributed by atoms with Crippen LogP contribution in [0.2, 0.25) is 5.02 Å². The highest BCUT2D eigenvalue weighted by Gasteiger charge is 2.08. The number of pyridine rings is 1. The Hall–Kier alpha value is -1.13. The Kier molecular flexibility index (Phi) is 3.64. The Morgan fingerprint density at radius 2 is 2.12 bits per heavy atom. The molecule has 5 heteroatoms. The van der Waals surface area contributed by atoms with Crippen LogP contribution in [-0.4, -0.2) is 4.98 Å². The summed E-state index contributed by atoms with van der Waals surface area (Å²) in [7, 11) is 0. The Morgan fingerprint density at radius 3 is 2.76 bits per heavy atom. The molecular formula is C12H8BrClFNO. The van der Waals surface area contributed by atoms with E-state index in [1.54, 1.807) is 6.20 Å². The summed E-state index contributed by atoms with van der Waals surface area (Å²) in [5.74, 6) is 0.354. The van der Waals surface area contributed by atoms with Gasteiger partial charge in [0.25, 0.3) is 0 Å². The van der Waals surface area contributed by atoms with E-state index in [2.05, 4.69) is 20.9 Å². The minimum atomic E-state index is -0.404. The second-order valence-electron chi connectivity index (χ2n) is 3.48. The summed E-state index contributed by atoms with van der Waals surface area (Å²) in [6.45, 7) is 1.92. The van der Waals surface area contributed by atoms with Crippen LogP contribution in [0.25, 0.3) is 0 Å². The minimum absolute atomic E-state index is 0.208. The first-order valence-electron chi connectivity index (χ1n) is 4.81. The van der Waals surface area contributed by atoms with Crippen LogP contribution in [0.5, 0.6) is 11.6 Å². The molecule has 1 heterocycles. The van der Waals surface area contributed by atoms with E-state index in [9.17, 15) is 4.39 Å². The summed E-state index contributed by atoms with van der Waals surface area (Å²) >= 11 is 9.19. The first-order valence-corrected chi connectivity index (χ1v) is 5.98. The zero-order valence-corrected chi connectivity index (χ0v) is 11.2. The molecule has 0 fully saturated rings. The van der Waals surface area contributed by atoms with Crippen LogP contribution in [0.4, 0.5) is 4.39 Å². The standard InChI is InChI=1S/C12H8BrClFNO/c1-7-4-9(13)12(16-6-7)17-11-3-2-8(15)5-10(11)14/h2-6H,1H3. The van der Waals surface area contributed by atoms with Crippen LogP contribution >= 0.6 is 27.5 Å². The van der Waals surface area contributed by atoms with Gasteiger partial charge in [-0.3, -0.25) is 0 Å². The zero-order valence-electron chi connectivity index (χ0n) is 8.88. The van der Waals surface area contributed by atoms with Gasteiger partial charge in [-0.25, -0.2) is 9.37 Å². The van der Waals surface area contributed by atoms with E-state index >= 15 is 0 Å². The fourth-order valence-corrected chi connectivity index (χ4v) is 2.01. The van der Waals surface area contributed by atoms with E-state index in [0.717, 1.165) is 10.0 Å². The van der Waals surface area contributed by atoms with Crippen molar-refractivity contribution in [2.75, 3.05) is 0 Å². The third kappa shape index (κ3) is 2.96. The number of aromatic nitrogens is 1. The van der Waals surface area contributed by atoms with Crippen LogP contribution in [0, 0.1) is 12.7 Å². The summed E-state index contributed by atoms with van der Waals surface area (Å²) in [5.41, 5.74) is 1.01. The van der Waals surface area contributed by atoms with Crippen LogP contribution in [0.15, 0.2) is 34.9 Å². The van der Waals surface area contributed by atoms with Crippen molar-refractivity contribution in [2.45, 2.75) is 6.92 Å².